The molecule has 0 amide bonds. The molecule has 2 aliphatic heterocycles. The van der Waals surface area contributed by atoms with Gasteiger partial charge in [0.05, 0.1) is 25.4 Å². The molecule has 19 heavy (non-hydrogen) atoms. The fourth-order valence-electron chi connectivity index (χ4n) is 2.32. The maximum atomic E-state index is 11.9. The van der Waals surface area contributed by atoms with Gasteiger partial charge < -0.3 is 14.2 Å². The van der Waals surface area contributed by atoms with E-state index in [4.69, 9.17) is 14.2 Å². The first-order valence-electron chi connectivity index (χ1n) is 6.37. The highest BCUT2D eigenvalue weighted by Crippen LogP contribution is 2.42. The summed E-state index contributed by atoms with van der Waals surface area (Å²) in [4.78, 5) is 11.9. The third kappa shape index (κ3) is 2.21. The Balaban J connectivity index is 1.77. The highest BCUT2D eigenvalue weighted by molar-refractivity contribution is 7.80. The number of benzene rings is 1. The van der Waals surface area contributed by atoms with Crippen molar-refractivity contribution in [3.63, 3.8) is 0 Å². The zero-order valence-electron chi connectivity index (χ0n) is 10.7. The van der Waals surface area contributed by atoms with Gasteiger partial charge in [0.25, 0.3) is 0 Å². The SMILES string of the molecule is CC(S)CCOc1ccc2c(c1)C(=O)OC21COC1. The van der Waals surface area contributed by atoms with E-state index in [0.717, 1.165) is 12.0 Å². The lowest BCUT2D eigenvalue weighted by atomic mass is 9.90. The number of hydrogen-bond acceptors (Lipinski definition) is 5. The fourth-order valence-corrected chi connectivity index (χ4v) is 2.42. The average Bonchev–Trinajstić information content (AvgIpc) is 2.62. The van der Waals surface area contributed by atoms with Crippen LogP contribution in [0.4, 0.5) is 0 Å². The predicted molar refractivity (Wildman–Crippen MR) is 72.9 cm³/mol. The molecule has 2 aliphatic rings. The lowest BCUT2D eigenvalue weighted by Crippen LogP contribution is -2.46. The number of carbonyl (C=O) groups is 1. The minimum atomic E-state index is -0.537. The average molecular weight is 280 g/mol. The molecule has 1 aromatic carbocycles. The second-order valence-corrected chi connectivity index (χ2v) is 5.95. The quantitative estimate of drug-likeness (QED) is 0.678. The Bertz CT molecular complexity index is 508. The van der Waals surface area contributed by atoms with E-state index in [1.165, 1.54) is 0 Å². The normalized spacial score (nSPS) is 20.6. The molecule has 4 nitrogen and oxygen atoms in total. The van der Waals surface area contributed by atoms with Gasteiger partial charge in [-0.15, -0.1) is 0 Å². The number of rotatable bonds is 4. The molecule has 3 rings (SSSR count). The summed E-state index contributed by atoms with van der Waals surface area (Å²) in [6, 6.07) is 5.54. The molecule has 5 heteroatoms. The zero-order valence-corrected chi connectivity index (χ0v) is 11.6. The first-order chi connectivity index (χ1) is 9.11. The molecule has 1 atom stereocenters. The molecule has 1 saturated heterocycles. The van der Waals surface area contributed by atoms with Gasteiger partial charge in [-0.25, -0.2) is 4.79 Å². The van der Waals surface area contributed by atoms with Crippen LogP contribution in [-0.4, -0.2) is 31.0 Å². The van der Waals surface area contributed by atoms with Crippen LogP contribution < -0.4 is 4.74 Å². The molecule has 2 heterocycles. The van der Waals surface area contributed by atoms with Crippen LogP contribution in [0.3, 0.4) is 0 Å². The first-order valence-corrected chi connectivity index (χ1v) is 6.89. The van der Waals surface area contributed by atoms with Crippen molar-refractivity contribution in [2.24, 2.45) is 0 Å². The largest absolute Gasteiger partial charge is 0.494 e. The lowest BCUT2D eigenvalue weighted by molar-refractivity contribution is -0.179. The van der Waals surface area contributed by atoms with Gasteiger partial charge in [0.1, 0.15) is 5.75 Å². The van der Waals surface area contributed by atoms with Crippen LogP contribution in [-0.2, 0) is 15.1 Å². The molecule has 0 bridgehead atoms. The van der Waals surface area contributed by atoms with E-state index in [2.05, 4.69) is 12.6 Å². The van der Waals surface area contributed by atoms with E-state index in [1.54, 1.807) is 6.07 Å². The van der Waals surface area contributed by atoms with Crippen molar-refractivity contribution >= 4 is 18.6 Å². The number of thiol groups is 1. The number of carbonyl (C=O) groups excluding carboxylic acids is 1. The monoisotopic (exact) mass is 280 g/mol. The molecular formula is C14H16O4S. The third-order valence-electron chi connectivity index (χ3n) is 3.46. The van der Waals surface area contributed by atoms with Gasteiger partial charge >= 0.3 is 5.97 Å². The molecule has 0 aromatic heterocycles. The lowest BCUT2D eigenvalue weighted by Gasteiger charge is -2.36. The molecule has 0 aliphatic carbocycles. The first kappa shape index (κ1) is 12.8. The van der Waals surface area contributed by atoms with Gasteiger partial charge in [0.2, 0.25) is 0 Å². The topological polar surface area (TPSA) is 44.8 Å². The summed E-state index contributed by atoms with van der Waals surface area (Å²) < 4.78 is 16.2. The van der Waals surface area contributed by atoms with E-state index >= 15 is 0 Å². The van der Waals surface area contributed by atoms with Crippen molar-refractivity contribution in [1.82, 2.24) is 0 Å². The van der Waals surface area contributed by atoms with Crippen LogP contribution in [0.2, 0.25) is 0 Å². The van der Waals surface area contributed by atoms with E-state index in [1.807, 2.05) is 19.1 Å². The minimum absolute atomic E-state index is 0.286. The van der Waals surface area contributed by atoms with Gasteiger partial charge in [-0.3, -0.25) is 0 Å². The van der Waals surface area contributed by atoms with Crippen LogP contribution in [0.5, 0.6) is 5.75 Å². The summed E-state index contributed by atoms with van der Waals surface area (Å²) >= 11 is 4.30. The smallest absolute Gasteiger partial charge is 0.339 e. The van der Waals surface area contributed by atoms with Crippen molar-refractivity contribution < 1.29 is 19.0 Å². The summed E-state index contributed by atoms with van der Waals surface area (Å²) in [6.45, 7) is 3.51. The maximum Gasteiger partial charge on any atom is 0.339 e. The van der Waals surface area contributed by atoms with E-state index in [9.17, 15) is 4.79 Å². The van der Waals surface area contributed by atoms with E-state index in [-0.39, 0.29) is 5.97 Å². The molecule has 1 spiro atoms. The Kier molecular flexibility index (Phi) is 3.19. The fraction of sp³-hybridized carbons (Fsp3) is 0.500. The third-order valence-corrected chi connectivity index (χ3v) is 3.72. The molecule has 0 radical (unpaired) electrons. The molecule has 102 valence electrons. The number of fused-ring (bicyclic) bond motifs is 2. The van der Waals surface area contributed by atoms with Gasteiger partial charge in [-0.05, 0) is 18.6 Å². The van der Waals surface area contributed by atoms with Crippen molar-refractivity contribution in [3.05, 3.63) is 29.3 Å². The second-order valence-electron chi connectivity index (χ2n) is 5.07. The summed E-state index contributed by atoms with van der Waals surface area (Å²) in [7, 11) is 0. The highest BCUT2D eigenvalue weighted by Gasteiger charge is 2.51. The molecule has 1 aromatic rings. The van der Waals surface area contributed by atoms with Crippen molar-refractivity contribution in [2.75, 3.05) is 19.8 Å². The standard InChI is InChI=1S/C14H16O4S/c1-9(19)4-5-17-10-2-3-12-11(6-10)13(15)18-14(12)7-16-8-14/h2-3,6,9,19H,4-5,7-8H2,1H3. The van der Waals surface area contributed by atoms with Crippen LogP contribution in [0.25, 0.3) is 0 Å². The Morgan fingerprint density at radius 2 is 2.26 bits per heavy atom. The van der Waals surface area contributed by atoms with Crippen LogP contribution >= 0.6 is 12.6 Å². The summed E-state index contributed by atoms with van der Waals surface area (Å²) in [6.07, 6.45) is 0.864. The summed E-state index contributed by atoms with van der Waals surface area (Å²) in [5.41, 5.74) is 0.975. The van der Waals surface area contributed by atoms with E-state index in [0.29, 0.717) is 36.4 Å². The predicted octanol–water partition coefficient (Wildman–Crippen LogP) is 2.17. The second kappa shape index (κ2) is 4.72. The molecule has 0 N–H and O–H groups in total. The maximum absolute atomic E-state index is 11.9. The molecule has 1 fully saturated rings. The van der Waals surface area contributed by atoms with E-state index < -0.39 is 5.60 Å². The zero-order chi connectivity index (χ0) is 13.5. The molecular weight excluding hydrogens is 264 g/mol. The van der Waals surface area contributed by atoms with Gasteiger partial charge in [0.15, 0.2) is 5.60 Å². The molecule has 1 unspecified atom stereocenters. The van der Waals surface area contributed by atoms with Crippen LogP contribution in [0.15, 0.2) is 18.2 Å². The number of hydrogen-bond donors (Lipinski definition) is 1. The highest BCUT2D eigenvalue weighted by atomic mass is 32.1. The summed E-state index contributed by atoms with van der Waals surface area (Å²) in [5, 5.41) is 0.301. The minimum Gasteiger partial charge on any atom is -0.494 e. The van der Waals surface area contributed by atoms with Crippen molar-refractivity contribution in [1.29, 1.82) is 0 Å². The Morgan fingerprint density at radius 1 is 1.47 bits per heavy atom. The van der Waals surface area contributed by atoms with Crippen molar-refractivity contribution in [3.8, 4) is 5.75 Å². The Hall–Kier alpha value is -1.20. The van der Waals surface area contributed by atoms with Crippen LogP contribution in [0.1, 0.15) is 29.3 Å². The number of esters is 1. The van der Waals surface area contributed by atoms with Gasteiger partial charge in [-0.2, -0.15) is 12.6 Å². The Morgan fingerprint density at radius 3 is 2.89 bits per heavy atom. The van der Waals surface area contributed by atoms with Crippen LogP contribution in [0, 0.1) is 0 Å². The van der Waals surface area contributed by atoms with Gasteiger partial charge in [0, 0.05) is 10.8 Å². The molecule has 0 saturated carbocycles. The van der Waals surface area contributed by atoms with Crippen molar-refractivity contribution in [2.45, 2.75) is 24.2 Å². The number of ether oxygens (including phenoxy) is 3. The van der Waals surface area contributed by atoms with Gasteiger partial charge in [-0.1, -0.05) is 13.0 Å². The Labute approximate surface area is 117 Å². The summed E-state index contributed by atoms with van der Waals surface area (Å²) in [5.74, 6) is 0.410.